The van der Waals surface area contributed by atoms with Gasteiger partial charge in [0.05, 0.1) is 11.3 Å². The van der Waals surface area contributed by atoms with E-state index in [9.17, 15) is 9.59 Å². The molecule has 0 aromatic heterocycles. The van der Waals surface area contributed by atoms with Crippen LogP contribution in [0.3, 0.4) is 0 Å². The number of hydrogen-bond acceptors (Lipinski definition) is 3. The number of nitrogens with one attached hydrogen (secondary N) is 1. The van der Waals surface area contributed by atoms with Crippen LogP contribution in [-0.4, -0.2) is 29.8 Å². The molecule has 5 heteroatoms. The van der Waals surface area contributed by atoms with Crippen LogP contribution in [0.4, 0.5) is 11.4 Å². The highest BCUT2D eigenvalue weighted by molar-refractivity contribution is 6.09. The zero-order chi connectivity index (χ0) is 16.9. The molecule has 0 aliphatic carbocycles. The molecule has 0 radical (unpaired) electrons. The smallest absolute Gasteiger partial charge is 0.255 e. The fraction of sp³-hybridized carbons (Fsp3) is 0.263. The summed E-state index contributed by atoms with van der Waals surface area (Å²) in [5, 5.41) is 2.84. The molecule has 1 aliphatic heterocycles. The summed E-state index contributed by atoms with van der Waals surface area (Å²) in [6, 6.07) is 13.8. The molecule has 1 heterocycles. The summed E-state index contributed by atoms with van der Waals surface area (Å²) in [5.41, 5.74) is 7.82. The Balaban J connectivity index is 1.79. The second kappa shape index (κ2) is 7.17. The molecule has 3 N–H and O–H groups in total. The number of piperidine rings is 1. The van der Waals surface area contributed by atoms with E-state index in [2.05, 4.69) is 5.32 Å². The second-order valence-corrected chi connectivity index (χ2v) is 5.97. The van der Waals surface area contributed by atoms with Gasteiger partial charge in [-0.2, -0.15) is 0 Å². The Morgan fingerprint density at radius 2 is 1.58 bits per heavy atom. The first-order valence-corrected chi connectivity index (χ1v) is 8.20. The van der Waals surface area contributed by atoms with Gasteiger partial charge in [0, 0.05) is 24.3 Å². The first-order chi connectivity index (χ1) is 11.6. The topological polar surface area (TPSA) is 75.4 Å². The van der Waals surface area contributed by atoms with E-state index >= 15 is 0 Å². The van der Waals surface area contributed by atoms with Crippen molar-refractivity contribution in [2.45, 2.75) is 19.3 Å². The van der Waals surface area contributed by atoms with Crippen LogP contribution in [0.25, 0.3) is 0 Å². The number of likely N-dealkylation sites (tertiary alicyclic amines) is 1. The van der Waals surface area contributed by atoms with Crippen LogP contribution >= 0.6 is 0 Å². The predicted octanol–water partition coefficient (Wildman–Crippen LogP) is 3.15. The van der Waals surface area contributed by atoms with E-state index in [0.29, 0.717) is 22.5 Å². The minimum Gasteiger partial charge on any atom is -0.399 e. The molecule has 24 heavy (non-hydrogen) atoms. The summed E-state index contributed by atoms with van der Waals surface area (Å²) >= 11 is 0. The molecule has 0 saturated carbocycles. The Morgan fingerprint density at radius 1 is 0.917 bits per heavy atom. The van der Waals surface area contributed by atoms with E-state index in [-0.39, 0.29) is 11.8 Å². The molecule has 1 fully saturated rings. The zero-order valence-electron chi connectivity index (χ0n) is 13.5. The second-order valence-electron chi connectivity index (χ2n) is 5.97. The molecule has 2 aromatic rings. The average Bonchev–Trinajstić information content (AvgIpc) is 2.63. The molecule has 1 saturated heterocycles. The summed E-state index contributed by atoms with van der Waals surface area (Å²) in [4.78, 5) is 27.0. The summed E-state index contributed by atoms with van der Waals surface area (Å²) in [6.07, 6.45) is 3.23. The largest absolute Gasteiger partial charge is 0.399 e. The lowest BCUT2D eigenvalue weighted by Gasteiger charge is -2.27. The Bertz CT molecular complexity index is 735. The van der Waals surface area contributed by atoms with Gasteiger partial charge in [0.1, 0.15) is 0 Å². The summed E-state index contributed by atoms with van der Waals surface area (Å²) in [5.74, 6) is -0.281. The standard InChI is InChI=1S/C19H21N3O2/c20-15-10-8-14(9-11-15)18(23)21-17-7-3-2-6-16(17)19(24)22-12-4-1-5-13-22/h2-3,6-11H,1,4-5,12-13,20H2,(H,21,23). The average molecular weight is 323 g/mol. The minimum atomic E-state index is -0.256. The van der Waals surface area contributed by atoms with Crippen molar-refractivity contribution in [3.8, 4) is 0 Å². The third kappa shape index (κ3) is 3.56. The molecule has 0 unspecified atom stereocenters. The number of benzene rings is 2. The molecular formula is C19H21N3O2. The number of rotatable bonds is 3. The SMILES string of the molecule is Nc1ccc(C(=O)Nc2ccccc2C(=O)N2CCCCC2)cc1. The number of nitrogens with zero attached hydrogens (tertiary/aromatic N) is 1. The Hall–Kier alpha value is -2.82. The van der Waals surface area contributed by atoms with Gasteiger partial charge in [0.15, 0.2) is 0 Å². The van der Waals surface area contributed by atoms with Gasteiger partial charge in [-0.25, -0.2) is 0 Å². The zero-order valence-corrected chi connectivity index (χ0v) is 13.5. The third-order valence-electron chi connectivity index (χ3n) is 4.22. The number of hydrogen-bond donors (Lipinski definition) is 2. The molecular weight excluding hydrogens is 302 g/mol. The van der Waals surface area contributed by atoms with Gasteiger partial charge in [-0.1, -0.05) is 12.1 Å². The van der Waals surface area contributed by atoms with E-state index in [4.69, 9.17) is 5.73 Å². The predicted molar refractivity (Wildman–Crippen MR) is 95.0 cm³/mol. The van der Waals surface area contributed by atoms with Crippen molar-refractivity contribution in [2.24, 2.45) is 0 Å². The van der Waals surface area contributed by atoms with Crippen LogP contribution in [0, 0.1) is 0 Å². The van der Waals surface area contributed by atoms with Crippen molar-refractivity contribution >= 4 is 23.2 Å². The molecule has 2 amide bonds. The van der Waals surface area contributed by atoms with E-state index in [1.54, 1.807) is 36.4 Å². The minimum absolute atomic E-state index is 0.0251. The van der Waals surface area contributed by atoms with Crippen molar-refractivity contribution in [1.29, 1.82) is 0 Å². The first-order valence-electron chi connectivity index (χ1n) is 8.20. The van der Waals surface area contributed by atoms with Crippen molar-refractivity contribution in [2.75, 3.05) is 24.1 Å². The van der Waals surface area contributed by atoms with Crippen LogP contribution in [0.2, 0.25) is 0 Å². The summed E-state index contributed by atoms with van der Waals surface area (Å²) in [7, 11) is 0. The summed E-state index contributed by atoms with van der Waals surface area (Å²) in [6.45, 7) is 1.55. The lowest BCUT2D eigenvalue weighted by Crippen LogP contribution is -2.36. The van der Waals surface area contributed by atoms with Gasteiger partial charge in [0.2, 0.25) is 0 Å². The quantitative estimate of drug-likeness (QED) is 0.852. The number of nitrogen functional groups attached to an aromatic ring is 1. The van der Waals surface area contributed by atoms with Gasteiger partial charge in [-0.3, -0.25) is 9.59 Å². The number of anilines is 2. The molecule has 0 atom stereocenters. The number of amides is 2. The lowest BCUT2D eigenvalue weighted by atomic mass is 10.1. The van der Waals surface area contributed by atoms with Crippen LogP contribution in [0.5, 0.6) is 0 Å². The van der Waals surface area contributed by atoms with Crippen molar-refractivity contribution in [3.05, 3.63) is 59.7 Å². The highest BCUT2D eigenvalue weighted by Crippen LogP contribution is 2.21. The Labute approximate surface area is 141 Å². The molecule has 3 rings (SSSR count). The van der Waals surface area contributed by atoms with E-state index in [1.165, 1.54) is 6.42 Å². The maximum atomic E-state index is 12.7. The molecule has 0 bridgehead atoms. The van der Waals surface area contributed by atoms with Gasteiger partial charge >= 0.3 is 0 Å². The molecule has 0 spiro atoms. The first kappa shape index (κ1) is 16.1. The van der Waals surface area contributed by atoms with Crippen LogP contribution in [-0.2, 0) is 0 Å². The molecule has 5 nitrogen and oxygen atoms in total. The monoisotopic (exact) mass is 323 g/mol. The van der Waals surface area contributed by atoms with Crippen LogP contribution in [0.1, 0.15) is 40.0 Å². The molecule has 2 aromatic carbocycles. The maximum absolute atomic E-state index is 12.7. The van der Waals surface area contributed by atoms with Crippen LogP contribution in [0.15, 0.2) is 48.5 Å². The highest BCUT2D eigenvalue weighted by Gasteiger charge is 2.21. The van der Waals surface area contributed by atoms with Gasteiger partial charge in [-0.05, 0) is 55.7 Å². The Kier molecular flexibility index (Phi) is 4.79. The summed E-state index contributed by atoms with van der Waals surface area (Å²) < 4.78 is 0. The number of nitrogens with two attached hydrogens (primary N) is 1. The molecule has 1 aliphatic rings. The maximum Gasteiger partial charge on any atom is 0.255 e. The number of carbonyl (C=O) groups is 2. The third-order valence-corrected chi connectivity index (χ3v) is 4.22. The van der Waals surface area contributed by atoms with E-state index in [0.717, 1.165) is 25.9 Å². The van der Waals surface area contributed by atoms with Gasteiger partial charge < -0.3 is 16.0 Å². The fourth-order valence-electron chi connectivity index (χ4n) is 2.87. The van der Waals surface area contributed by atoms with Gasteiger partial charge in [0.25, 0.3) is 11.8 Å². The van der Waals surface area contributed by atoms with Crippen molar-refractivity contribution in [1.82, 2.24) is 4.90 Å². The number of para-hydroxylation sites is 1. The van der Waals surface area contributed by atoms with Crippen molar-refractivity contribution < 1.29 is 9.59 Å². The fourth-order valence-corrected chi connectivity index (χ4v) is 2.87. The lowest BCUT2D eigenvalue weighted by molar-refractivity contribution is 0.0725. The van der Waals surface area contributed by atoms with Gasteiger partial charge in [-0.15, -0.1) is 0 Å². The van der Waals surface area contributed by atoms with Crippen molar-refractivity contribution in [3.63, 3.8) is 0 Å². The van der Waals surface area contributed by atoms with Crippen LogP contribution < -0.4 is 11.1 Å². The highest BCUT2D eigenvalue weighted by atomic mass is 16.2. The van der Waals surface area contributed by atoms with E-state index in [1.807, 2.05) is 17.0 Å². The molecule has 124 valence electrons. The van der Waals surface area contributed by atoms with E-state index < -0.39 is 0 Å². The Morgan fingerprint density at radius 3 is 2.29 bits per heavy atom. The number of carbonyl (C=O) groups excluding carboxylic acids is 2. The normalized spacial score (nSPS) is 14.2.